The molecule has 84 valence electrons. The molecule has 0 radical (unpaired) electrons. The van der Waals surface area contributed by atoms with Gasteiger partial charge in [0.05, 0.1) is 12.6 Å². The second-order valence-corrected chi connectivity index (χ2v) is 5.01. The van der Waals surface area contributed by atoms with Crippen LogP contribution in [0.1, 0.15) is 34.6 Å². The Morgan fingerprint density at radius 1 is 1.43 bits per heavy atom. The average molecular weight is 202 g/mol. The van der Waals surface area contributed by atoms with Crippen LogP contribution in [0, 0.1) is 11.3 Å². The molecule has 0 aromatic rings. The predicted molar refractivity (Wildman–Crippen MR) is 56.4 cm³/mol. The van der Waals surface area contributed by atoms with Crippen LogP contribution in [0.3, 0.4) is 0 Å². The highest BCUT2D eigenvalue weighted by Gasteiger charge is 2.27. The van der Waals surface area contributed by atoms with Gasteiger partial charge in [-0.1, -0.05) is 34.6 Å². The zero-order valence-corrected chi connectivity index (χ0v) is 9.76. The average Bonchev–Trinajstić information content (AvgIpc) is 2.00. The molecule has 0 aliphatic rings. The van der Waals surface area contributed by atoms with Gasteiger partial charge in [-0.15, -0.1) is 0 Å². The van der Waals surface area contributed by atoms with E-state index in [4.69, 9.17) is 10.6 Å². The lowest BCUT2D eigenvalue weighted by Crippen LogP contribution is -2.48. The molecule has 0 saturated carbocycles. The molecule has 4 heteroatoms. The van der Waals surface area contributed by atoms with Crippen molar-refractivity contribution in [1.82, 2.24) is 5.48 Å². The van der Waals surface area contributed by atoms with Gasteiger partial charge in [0.1, 0.15) is 0 Å². The lowest BCUT2D eigenvalue weighted by atomic mass is 9.87. The summed E-state index contributed by atoms with van der Waals surface area (Å²) in [4.78, 5) is 16.4. The summed E-state index contributed by atoms with van der Waals surface area (Å²) in [6.45, 7) is 10.3. The molecule has 1 atom stereocenters. The standard InChI is InChI=1S/C10H22N2O2/c1-7(2)6-14-12-9(13)8(11)10(3,4)5/h7-8H,6,11H2,1-5H3,(H,12,13)/t8-/m1/s1. The summed E-state index contributed by atoms with van der Waals surface area (Å²) in [6, 6.07) is -0.547. The minimum Gasteiger partial charge on any atom is -0.319 e. The minimum absolute atomic E-state index is 0.245. The molecule has 0 aliphatic heterocycles. The molecular formula is C10H22N2O2. The zero-order valence-electron chi connectivity index (χ0n) is 9.76. The highest BCUT2D eigenvalue weighted by atomic mass is 16.7. The summed E-state index contributed by atoms with van der Waals surface area (Å²) < 4.78 is 0. The number of amides is 1. The van der Waals surface area contributed by atoms with Gasteiger partial charge in [0.25, 0.3) is 5.91 Å². The van der Waals surface area contributed by atoms with E-state index in [2.05, 4.69) is 5.48 Å². The summed E-state index contributed by atoms with van der Waals surface area (Å²) in [7, 11) is 0. The third-order valence-electron chi connectivity index (χ3n) is 1.80. The van der Waals surface area contributed by atoms with Gasteiger partial charge in [-0.05, 0) is 11.3 Å². The van der Waals surface area contributed by atoms with Gasteiger partial charge >= 0.3 is 0 Å². The fraction of sp³-hybridized carbons (Fsp3) is 0.900. The Bertz CT molecular complexity index is 185. The van der Waals surface area contributed by atoms with Gasteiger partial charge in [0, 0.05) is 0 Å². The minimum atomic E-state index is -0.547. The van der Waals surface area contributed by atoms with Gasteiger partial charge in [0.15, 0.2) is 0 Å². The van der Waals surface area contributed by atoms with Crippen molar-refractivity contribution < 1.29 is 9.63 Å². The van der Waals surface area contributed by atoms with Crippen LogP contribution in [0.2, 0.25) is 0 Å². The van der Waals surface area contributed by atoms with Crippen molar-refractivity contribution in [3.05, 3.63) is 0 Å². The Labute approximate surface area is 86.1 Å². The van der Waals surface area contributed by atoms with Crippen LogP contribution < -0.4 is 11.2 Å². The summed E-state index contributed by atoms with van der Waals surface area (Å²) in [6.07, 6.45) is 0. The molecule has 0 rings (SSSR count). The van der Waals surface area contributed by atoms with Crippen molar-refractivity contribution in [2.45, 2.75) is 40.7 Å². The van der Waals surface area contributed by atoms with Crippen LogP contribution in [0.25, 0.3) is 0 Å². The summed E-state index contributed by atoms with van der Waals surface area (Å²) in [5.74, 6) is 0.124. The molecule has 0 aliphatic carbocycles. The van der Waals surface area contributed by atoms with E-state index < -0.39 is 6.04 Å². The number of nitrogens with two attached hydrogens (primary N) is 1. The van der Waals surface area contributed by atoms with Crippen LogP contribution in [0.4, 0.5) is 0 Å². The normalized spacial score (nSPS) is 14.2. The second kappa shape index (κ2) is 5.32. The van der Waals surface area contributed by atoms with E-state index in [0.717, 1.165) is 0 Å². The maximum absolute atomic E-state index is 11.4. The molecular weight excluding hydrogens is 180 g/mol. The Morgan fingerprint density at radius 2 is 1.93 bits per heavy atom. The molecule has 0 spiro atoms. The molecule has 0 heterocycles. The molecule has 4 nitrogen and oxygen atoms in total. The Kier molecular flexibility index (Phi) is 5.08. The number of hydrogen-bond acceptors (Lipinski definition) is 3. The van der Waals surface area contributed by atoms with E-state index in [1.165, 1.54) is 0 Å². The summed E-state index contributed by atoms with van der Waals surface area (Å²) in [5, 5.41) is 0. The first-order chi connectivity index (χ1) is 6.25. The van der Waals surface area contributed by atoms with Crippen LogP contribution in [-0.4, -0.2) is 18.6 Å². The molecule has 0 saturated heterocycles. The van der Waals surface area contributed by atoms with Gasteiger partial charge in [-0.3, -0.25) is 9.63 Å². The maximum Gasteiger partial charge on any atom is 0.260 e. The third-order valence-corrected chi connectivity index (χ3v) is 1.80. The van der Waals surface area contributed by atoms with Crippen molar-refractivity contribution in [1.29, 1.82) is 0 Å². The quantitative estimate of drug-likeness (QED) is 0.670. The van der Waals surface area contributed by atoms with E-state index in [1.54, 1.807) is 0 Å². The lowest BCUT2D eigenvalue weighted by molar-refractivity contribution is -0.138. The van der Waals surface area contributed by atoms with Gasteiger partial charge in [-0.2, -0.15) is 0 Å². The SMILES string of the molecule is CC(C)CONC(=O)[C@@H](N)C(C)(C)C. The second-order valence-electron chi connectivity index (χ2n) is 5.01. The molecule has 0 aromatic carbocycles. The smallest absolute Gasteiger partial charge is 0.260 e. The Balaban J connectivity index is 3.86. The fourth-order valence-electron chi connectivity index (χ4n) is 0.736. The Morgan fingerprint density at radius 3 is 2.29 bits per heavy atom. The molecule has 0 unspecified atom stereocenters. The lowest BCUT2D eigenvalue weighted by Gasteiger charge is -2.25. The number of carbonyl (C=O) groups is 1. The molecule has 3 N–H and O–H groups in total. The largest absolute Gasteiger partial charge is 0.319 e. The van der Waals surface area contributed by atoms with Gasteiger partial charge in [-0.25, -0.2) is 5.48 Å². The topological polar surface area (TPSA) is 64.3 Å². The molecule has 0 aromatic heterocycles. The van der Waals surface area contributed by atoms with Crippen molar-refractivity contribution in [3.63, 3.8) is 0 Å². The first kappa shape index (κ1) is 13.4. The van der Waals surface area contributed by atoms with E-state index in [0.29, 0.717) is 12.5 Å². The number of hydroxylamine groups is 1. The summed E-state index contributed by atoms with van der Waals surface area (Å²) in [5.41, 5.74) is 7.83. The van der Waals surface area contributed by atoms with E-state index in [9.17, 15) is 4.79 Å². The number of nitrogens with one attached hydrogen (secondary N) is 1. The van der Waals surface area contributed by atoms with Gasteiger partial charge in [0.2, 0.25) is 0 Å². The highest BCUT2D eigenvalue weighted by molar-refractivity contribution is 5.81. The molecule has 1 amide bonds. The van der Waals surface area contributed by atoms with Crippen LogP contribution in [0.5, 0.6) is 0 Å². The fourth-order valence-corrected chi connectivity index (χ4v) is 0.736. The van der Waals surface area contributed by atoms with Crippen molar-refractivity contribution in [3.8, 4) is 0 Å². The maximum atomic E-state index is 11.4. The molecule has 14 heavy (non-hydrogen) atoms. The number of rotatable bonds is 4. The van der Waals surface area contributed by atoms with Gasteiger partial charge < -0.3 is 5.73 Å². The Hall–Kier alpha value is -0.610. The van der Waals surface area contributed by atoms with Crippen molar-refractivity contribution in [2.75, 3.05) is 6.61 Å². The highest BCUT2D eigenvalue weighted by Crippen LogP contribution is 2.16. The molecule has 0 fully saturated rings. The van der Waals surface area contributed by atoms with Crippen molar-refractivity contribution in [2.24, 2.45) is 17.1 Å². The predicted octanol–water partition coefficient (Wildman–Crippen LogP) is 1.06. The van der Waals surface area contributed by atoms with E-state index in [-0.39, 0.29) is 11.3 Å². The summed E-state index contributed by atoms with van der Waals surface area (Å²) >= 11 is 0. The first-order valence-electron chi connectivity index (χ1n) is 4.92. The van der Waals surface area contributed by atoms with Crippen molar-refractivity contribution >= 4 is 5.91 Å². The third kappa shape index (κ3) is 5.19. The first-order valence-corrected chi connectivity index (χ1v) is 4.92. The van der Waals surface area contributed by atoms with E-state index in [1.807, 2.05) is 34.6 Å². The van der Waals surface area contributed by atoms with Crippen LogP contribution >= 0.6 is 0 Å². The number of carbonyl (C=O) groups excluding carboxylic acids is 1. The van der Waals surface area contributed by atoms with Crippen LogP contribution in [0.15, 0.2) is 0 Å². The monoisotopic (exact) mass is 202 g/mol. The van der Waals surface area contributed by atoms with E-state index >= 15 is 0 Å². The molecule has 0 bridgehead atoms. The van der Waals surface area contributed by atoms with Crippen LogP contribution in [-0.2, 0) is 9.63 Å². The zero-order chi connectivity index (χ0) is 11.4. The number of hydrogen-bond donors (Lipinski definition) is 2.